The van der Waals surface area contributed by atoms with Crippen LogP contribution in [0.25, 0.3) is 0 Å². The first-order valence-corrected chi connectivity index (χ1v) is 7.87. The van der Waals surface area contributed by atoms with E-state index in [9.17, 15) is 19.6 Å². The van der Waals surface area contributed by atoms with Crippen LogP contribution in [0.2, 0.25) is 0 Å². The zero-order valence-corrected chi connectivity index (χ0v) is 15.1. The van der Waals surface area contributed by atoms with Gasteiger partial charge in [0.25, 0.3) is 0 Å². The molecule has 0 aromatic carbocycles. The monoisotopic (exact) mass is 359 g/mol. The summed E-state index contributed by atoms with van der Waals surface area (Å²) in [6.45, 7) is 7.20. The maximum atomic E-state index is 11.5. The third-order valence-corrected chi connectivity index (χ3v) is 2.87. The van der Waals surface area contributed by atoms with E-state index >= 15 is 0 Å². The zero-order chi connectivity index (χ0) is 19.4. The van der Waals surface area contributed by atoms with Gasteiger partial charge in [-0.3, -0.25) is 14.4 Å². The number of nitriles is 1. The summed E-state index contributed by atoms with van der Waals surface area (Å²) >= 11 is 0. The molecule has 0 N–H and O–H groups in total. The quantitative estimate of drug-likeness (QED) is 0.388. The van der Waals surface area contributed by atoms with Gasteiger partial charge in [0.15, 0.2) is 24.4 Å². The summed E-state index contributed by atoms with van der Waals surface area (Å²) in [6, 6.07) is 1.85. The highest BCUT2D eigenvalue weighted by Crippen LogP contribution is 2.19. The summed E-state index contributed by atoms with van der Waals surface area (Å²) in [5.74, 6) is -2.06. The molecule has 0 aliphatic heterocycles. The van der Waals surface area contributed by atoms with E-state index in [1.54, 1.807) is 13.8 Å². The molecule has 0 radical (unpaired) electrons. The van der Waals surface area contributed by atoms with Gasteiger partial charge in [-0.05, 0) is 13.8 Å². The lowest BCUT2D eigenvalue weighted by molar-refractivity contribution is -0.196. The lowest BCUT2D eigenvalue weighted by Gasteiger charge is -2.33. The minimum Gasteiger partial charge on any atom is -0.456 e. The van der Waals surface area contributed by atoms with E-state index in [2.05, 4.69) is 0 Å². The molecule has 25 heavy (non-hydrogen) atoms. The average Bonchev–Trinajstić information content (AvgIpc) is 2.52. The first-order valence-electron chi connectivity index (χ1n) is 7.87. The zero-order valence-electron chi connectivity index (χ0n) is 15.1. The number of rotatable bonds is 11. The second-order valence-electron chi connectivity index (χ2n) is 4.96. The van der Waals surface area contributed by atoms with Crippen LogP contribution in [0, 0.1) is 11.3 Å². The fourth-order valence-electron chi connectivity index (χ4n) is 2.07. The number of carbonyl (C=O) groups excluding carboxylic acids is 3. The summed E-state index contributed by atoms with van der Waals surface area (Å²) in [5.41, 5.74) is 0. The minimum absolute atomic E-state index is 0.115. The van der Waals surface area contributed by atoms with Crippen LogP contribution in [0.5, 0.6) is 0 Å². The van der Waals surface area contributed by atoms with Crippen LogP contribution in [0.3, 0.4) is 0 Å². The Labute approximate surface area is 147 Å². The molecule has 0 fully saturated rings. The third kappa shape index (κ3) is 9.02. The Morgan fingerprint density at radius 2 is 1.40 bits per heavy atom. The van der Waals surface area contributed by atoms with Crippen molar-refractivity contribution in [1.29, 1.82) is 5.26 Å². The van der Waals surface area contributed by atoms with E-state index in [1.165, 1.54) is 6.92 Å². The molecule has 4 atom stereocenters. The number of esters is 3. The Balaban J connectivity index is 5.79. The van der Waals surface area contributed by atoms with Gasteiger partial charge in [0.05, 0.1) is 12.7 Å². The Hall–Kier alpha value is -2.18. The van der Waals surface area contributed by atoms with Crippen molar-refractivity contribution in [3.05, 3.63) is 0 Å². The molecule has 0 unspecified atom stereocenters. The lowest BCUT2D eigenvalue weighted by atomic mass is 10.0. The number of hydrogen-bond acceptors (Lipinski definition) is 9. The summed E-state index contributed by atoms with van der Waals surface area (Å²) < 4.78 is 26.0. The predicted molar refractivity (Wildman–Crippen MR) is 84.2 cm³/mol. The molecular formula is C16H25NO8. The molecule has 0 saturated carbocycles. The molecule has 142 valence electrons. The number of ether oxygens (including phenoxy) is 5. The highest BCUT2D eigenvalue weighted by Gasteiger charge is 2.42. The van der Waals surface area contributed by atoms with Crippen LogP contribution in [0.15, 0.2) is 0 Å². The number of hydrogen-bond donors (Lipinski definition) is 0. The van der Waals surface area contributed by atoms with Crippen molar-refractivity contribution in [2.45, 2.75) is 59.0 Å². The average molecular weight is 359 g/mol. The van der Waals surface area contributed by atoms with E-state index in [1.807, 2.05) is 6.07 Å². The fourth-order valence-corrected chi connectivity index (χ4v) is 2.07. The van der Waals surface area contributed by atoms with E-state index in [-0.39, 0.29) is 13.2 Å². The van der Waals surface area contributed by atoms with Crippen molar-refractivity contribution < 1.29 is 38.1 Å². The summed E-state index contributed by atoms with van der Waals surface area (Å²) in [4.78, 5) is 34.4. The van der Waals surface area contributed by atoms with Gasteiger partial charge >= 0.3 is 17.9 Å². The fraction of sp³-hybridized carbons (Fsp3) is 0.750. The van der Waals surface area contributed by atoms with Gasteiger partial charge in [-0.1, -0.05) is 0 Å². The summed E-state index contributed by atoms with van der Waals surface area (Å²) in [5, 5.41) is 9.32. The second-order valence-corrected chi connectivity index (χ2v) is 4.96. The van der Waals surface area contributed by atoms with Crippen LogP contribution < -0.4 is 0 Å². The first-order chi connectivity index (χ1) is 11.8. The number of nitrogens with zero attached hydrogens (tertiary/aromatic N) is 1. The van der Waals surface area contributed by atoms with Crippen molar-refractivity contribution in [2.24, 2.45) is 0 Å². The van der Waals surface area contributed by atoms with Crippen molar-refractivity contribution in [3.63, 3.8) is 0 Å². The van der Waals surface area contributed by atoms with E-state index in [0.717, 1.165) is 13.8 Å². The molecule has 0 aliphatic rings. The van der Waals surface area contributed by atoms with Gasteiger partial charge in [-0.25, -0.2) is 0 Å². The van der Waals surface area contributed by atoms with Gasteiger partial charge in [0.1, 0.15) is 0 Å². The van der Waals surface area contributed by atoms with Crippen molar-refractivity contribution >= 4 is 17.9 Å². The Bertz CT molecular complexity index is 487. The molecule has 0 aromatic rings. The molecule has 0 heterocycles. The predicted octanol–water partition coefficient (Wildman–Crippen LogP) is 0.747. The molecule has 0 amide bonds. The molecule has 0 saturated heterocycles. The van der Waals surface area contributed by atoms with Gasteiger partial charge in [-0.15, -0.1) is 0 Å². The Morgan fingerprint density at radius 1 is 0.880 bits per heavy atom. The number of carbonyl (C=O) groups is 3. The van der Waals surface area contributed by atoms with Crippen molar-refractivity contribution in [1.82, 2.24) is 0 Å². The highest BCUT2D eigenvalue weighted by atomic mass is 16.6. The molecular weight excluding hydrogens is 334 g/mol. The molecule has 0 aliphatic carbocycles. The molecule has 9 nitrogen and oxygen atoms in total. The summed E-state index contributed by atoms with van der Waals surface area (Å²) in [6.07, 6.45) is -4.87. The van der Waals surface area contributed by atoms with Gasteiger partial charge in [-0.2, -0.15) is 5.26 Å². The van der Waals surface area contributed by atoms with Crippen molar-refractivity contribution in [3.8, 4) is 6.07 Å². The largest absolute Gasteiger partial charge is 0.456 e. The van der Waals surface area contributed by atoms with E-state index < -0.39 is 42.3 Å². The molecule has 0 spiro atoms. The maximum Gasteiger partial charge on any atom is 0.303 e. The van der Waals surface area contributed by atoms with E-state index in [0.29, 0.717) is 6.61 Å². The molecule has 9 heteroatoms. The van der Waals surface area contributed by atoms with Crippen LogP contribution >= 0.6 is 0 Å². The smallest absolute Gasteiger partial charge is 0.303 e. The van der Waals surface area contributed by atoms with Gasteiger partial charge in [0, 0.05) is 34.0 Å². The lowest BCUT2D eigenvalue weighted by Crippen LogP contribution is -2.52. The third-order valence-electron chi connectivity index (χ3n) is 2.87. The molecule has 0 aromatic heterocycles. The van der Waals surface area contributed by atoms with Crippen LogP contribution in [0.4, 0.5) is 0 Å². The SMILES string of the molecule is CCOC[C@H](OC(C)=O)[C@H](OC(C)=O)[C@@H](OC(C)=O)[C@@H](C#N)OCC. The normalized spacial score (nSPS) is 15.2. The molecule has 0 rings (SSSR count). The van der Waals surface area contributed by atoms with Gasteiger partial charge < -0.3 is 23.7 Å². The second kappa shape index (κ2) is 12.2. The maximum absolute atomic E-state index is 11.5. The topological polar surface area (TPSA) is 121 Å². The minimum atomic E-state index is -1.30. The van der Waals surface area contributed by atoms with Gasteiger partial charge in [0.2, 0.25) is 0 Å². The van der Waals surface area contributed by atoms with Crippen LogP contribution in [0.1, 0.15) is 34.6 Å². The summed E-state index contributed by atoms with van der Waals surface area (Å²) in [7, 11) is 0. The Morgan fingerprint density at radius 3 is 1.80 bits per heavy atom. The standard InChI is InChI=1S/C16H25NO8/c1-6-21-9-14(23-10(3)18)16(25-12(5)20)15(24-11(4)19)13(8-17)22-7-2/h13-16H,6-7,9H2,1-5H3/t13-,14+,15+,16+/m1/s1. The molecule has 0 bridgehead atoms. The highest BCUT2D eigenvalue weighted by molar-refractivity contribution is 5.68. The van der Waals surface area contributed by atoms with Crippen molar-refractivity contribution in [2.75, 3.05) is 19.8 Å². The van der Waals surface area contributed by atoms with Crippen LogP contribution in [-0.4, -0.2) is 62.1 Å². The van der Waals surface area contributed by atoms with Crippen LogP contribution in [-0.2, 0) is 38.1 Å². The first kappa shape index (κ1) is 22.8. The Kier molecular flexibility index (Phi) is 11.2. The van der Waals surface area contributed by atoms with E-state index in [4.69, 9.17) is 23.7 Å².